The van der Waals surface area contributed by atoms with Gasteiger partial charge in [-0.15, -0.1) is 0 Å². The third-order valence-electron chi connectivity index (χ3n) is 1.51. The van der Waals surface area contributed by atoms with E-state index in [1.807, 2.05) is 0 Å². The van der Waals surface area contributed by atoms with Gasteiger partial charge in [0.05, 0.1) is 0 Å². The molecule has 0 N–H and O–H groups in total. The van der Waals surface area contributed by atoms with Crippen molar-refractivity contribution in [3.63, 3.8) is 0 Å². The van der Waals surface area contributed by atoms with Crippen molar-refractivity contribution in [2.75, 3.05) is 0 Å². The number of nitrogens with zero attached hydrogens (tertiary/aromatic N) is 2. The molecule has 0 spiro atoms. The molecule has 0 saturated heterocycles. The van der Waals surface area contributed by atoms with Crippen molar-refractivity contribution >= 4 is 27.5 Å². The van der Waals surface area contributed by atoms with Crippen LogP contribution in [0.15, 0.2) is 29.0 Å². The largest absolute Gasteiger partial charge is 0.209 e. The van der Waals surface area contributed by atoms with Gasteiger partial charge in [-0.2, -0.15) is 4.37 Å². The van der Waals surface area contributed by atoms with Gasteiger partial charge in [-0.25, -0.2) is 9.37 Å². The quantitative estimate of drug-likeness (QED) is 0.786. The van der Waals surface area contributed by atoms with E-state index in [1.54, 1.807) is 18.2 Å². The van der Waals surface area contributed by atoms with E-state index in [2.05, 4.69) is 25.3 Å². The molecule has 1 heterocycles. The first-order valence-electron chi connectivity index (χ1n) is 3.51. The summed E-state index contributed by atoms with van der Waals surface area (Å²) < 4.78 is 17.6. The molecule has 0 aliphatic carbocycles. The minimum atomic E-state index is -0.272. The van der Waals surface area contributed by atoms with Crippen LogP contribution in [0.5, 0.6) is 0 Å². The Bertz CT molecular complexity index is 430. The van der Waals surface area contributed by atoms with Crippen LogP contribution in [0.3, 0.4) is 0 Å². The fourth-order valence-electron chi connectivity index (χ4n) is 0.950. The Morgan fingerprint density at radius 3 is 2.69 bits per heavy atom. The molecule has 2 aromatic rings. The first kappa shape index (κ1) is 8.77. The van der Waals surface area contributed by atoms with E-state index in [0.717, 1.165) is 0 Å². The van der Waals surface area contributed by atoms with Crippen LogP contribution in [0.1, 0.15) is 0 Å². The standard InChI is InChI=1S/C8H4BrFN2S/c9-8-11-7(13-12-8)5-3-1-2-4-6(5)10/h1-4H. The molecule has 5 heteroatoms. The van der Waals surface area contributed by atoms with Gasteiger partial charge in [0.1, 0.15) is 10.8 Å². The summed E-state index contributed by atoms with van der Waals surface area (Å²) in [4.78, 5) is 4.03. The summed E-state index contributed by atoms with van der Waals surface area (Å²) in [6.07, 6.45) is 0. The summed E-state index contributed by atoms with van der Waals surface area (Å²) in [5, 5.41) is 0.588. The van der Waals surface area contributed by atoms with Crippen LogP contribution in [-0.2, 0) is 0 Å². The fourth-order valence-corrected chi connectivity index (χ4v) is 2.06. The maximum atomic E-state index is 13.2. The number of rotatable bonds is 1. The molecule has 0 amide bonds. The van der Waals surface area contributed by atoms with Gasteiger partial charge >= 0.3 is 0 Å². The van der Waals surface area contributed by atoms with Gasteiger partial charge in [0.25, 0.3) is 0 Å². The highest BCUT2D eigenvalue weighted by atomic mass is 79.9. The number of benzene rings is 1. The van der Waals surface area contributed by atoms with Gasteiger partial charge in [0.2, 0.25) is 4.73 Å². The molecule has 0 aliphatic heterocycles. The van der Waals surface area contributed by atoms with Crippen molar-refractivity contribution < 1.29 is 4.39 Å². The number of halogens is 2. The Kier molecular flexibility index (Phi) is 2.37. The molecule has 0 fully saturated rings. The Hall–Kier alpha value is -0.810. The highest BCUT2D eigenvalue weighted by Crippen LogP contribution is 2.25. The molecule has 0 atom stereocenters. The maximum Gasteiger partial charge on any atom is 0.209 e. The predicted molar refractivity (Wildman–Crippen MR) is 53.0 cm³/mol. The molecule has 0 bridgehead atoms. The lowest BCUT2D eigenvalue weighted by molar-refractivity contribution is 0.631. The second-order valence-electron chi connectivity index (χ2n) is 2.35. The van der Waals surface area contributed by atoms with Crippen LogP contribution in [0.4, 0.5) is 4.39 Å². The monoisotopic (exact) mass is 258 g/mol. The lowest BCUT2D eigenvalue weighted by atomic mass is 10.2. The lowest BCUT2D eigenvalue weighted by Gasteiger charge is -1.95. The second kappa shape index (κ2) is 3.51. The summed E-state index contributed by atoms with van der Waals surface area (Å²) >= 11 is 4.29. The van der Waals surface area contributed by atoms with Crippen LogP contribution in [0.2, 0.25) is 0 Å². The Morgan fingerprint density at radius 2 is 2.08 bits per heavy atom. The second-order valence-corrected chi connectivity index (χ2v) is 3.81. The zero-order valence-electron chi connectivity index (χ0n) is 6.37. The van der Waals surface area contributed by atoms with E-state index >= 15 is 0 Å². The summed E-state index contributed by atoms with van der Waals surface area (Å²) in [7, 11) is 0. The minimum absolute atomic E-state index is 0.272. The average Bonchev–Trinajstić information content (AvgIpc) is 2.53. The van der Waals surface area contributed by atoms with Crippen molar-refractivity contribution in [3.05, 3.63) is 34.8 Å². The third-order valence-corrected chi connectivity index (χ3v) is 2.84. The number of hydrogen-bond acceptors (Lipinski definition) is 3. The molecule has 0 radical (unpaired) electrons. The number of aromatic nitrogens is 2. The van der Waals surface area contributed by atoms with Crippen LogP contribution in [-0.4, -0.2) is 9.36 Å². The minimum Gasteiger partial charge on any atom is -0.209 e. The molecule has 0 aliphatic rings. The molecule has 2 nitrogen and oxygen atoms in total. The summed E-state index contributed by atoms with van der Waals surface area (Å²) in [6, 6.07) is 6.51. The van der Waals surface area contributed by atoms with E-state index in [0.29, 0.717) is 15.3 Å². The molecule has 1 aromatic heterocycles. The zero-order chi connectivity index (χ0) is 9.26. The van der Waals surface area contributed by atoms with Crippen molar-refractivity contribution in [3.8, 4) is 10.6 Å². The van der Waals surface area contributed by atoms with Gasteiger partial charge in [-0.05, 0) is 39.6 Å². The highest BCUT2D eigenvalue weighted by molar-refractivity contribution is 9.10. The van der Waals surface area contributed by atoms with Crippen molar-refractivity contribution in [1.29, 1.82) is 0 Å². The van der Waals surface area contributed by atoms with E-state index < -0.39 is 0 Å². The first-order chi connectivity index (χ1) is 6.27. The van der Waals surface area contributed by atoms with Crippen LogP contribution >= 0.6 is 27.5 Å². The van der Waals surface area contributed by atoms with E-state index in [4.69, 9.17) is 0 Å². The molecule has 0 unspecified atom stereocenters. The Labute approximate surface area is 86.7 Å². The van der Waals surface area contributed by atoms with Crippen LogP contribution < -0.4 is 0 Å². The zero-order valence-corrected chi connectivity index (χ0v) is 8.77. The van der Waals surface area contributed by atoms with Gasteiger partial charge in [-0.1, -0.05) is 12.1 Å². The Balaban J connectivity index is 2.52. The third kappa shape index (κ3) is 1.76. The Morgan fingerprint density at radius 1 is 1.31 bits per heavy atom. The summed E-state index contributed by atoms with van der Waals surface area (Å²) in [5.74, 6) is -0.272. The van der Waals surface area contributed by atoms with Crippen molar-refractivity contribution in [1.82, 2.24) is 9.36 Å². The van der Waals surface area contributed by atoms with Crippen LogP contribution in [0, 0.1) is 5.82 Å². The van der Waals surface area contributed by atoms with Gasteiger partial charge < -0.3 is 0 Å². The molecular formula is C8H4BrFN2S. The van der Waals surface area contributed by atoms with Gasteiger partial charge in [0, 0.05) is 5.56 Å². The van der Waals surface area contributed by atoms with Gasteiger partial charge in [-0.3, -0.25) is 0 Å². The predicted octanol–water partition coefficient (Wildman–Crippen LogP) is 3.11. The maximum absolute atomic E-state index is 13.2. The van der Waals surface area contributed by atoms with Gasteiger partial charge in [0.15, 0.2) is 0 Å². The van der Waals surface area contributed by atoms with E-state index in [-0.39, 0.29) is 5.82 Å². The van der Waals surface area contributed by atoms with E-state index in [1.165, 1.54) is 17.6 Å². The molecule has 66 valence electrons. The average molecular weight is 259 g/mol. The fraction of sp³-hybridized carbons (Fsp3) is 0. The summed E-state index contributed by atoms with van der Waals surface area (Å²) in [6.45, 7) is 0. The van der Waals surface area contributed by atoms with E-state index in [9.17, 15) is 4.39 Å². The molecule has 2 rings (SSSR count). The first-order valence-corrected chi connectivity index (χ1v) is 5.08. The molecular weight excluding hydrogens is 255 g/mol. The highest BCUT2D eigenvalue weighted by Gasteiger charge is 2.08. The molecule has 0 saturated carbocycles. The molecule has 1 aromatic carbocycles. The smallest absolute Gasteiger partial charge is 0.209 e. The lowest BCUT2D eigenvalue weighted by Crippen LogP contribution is -1.81. The normalized spacial score (nSPS) is 10.3. The van der Waals surface area contributed by atoms with Crippen molar-refractivity contribution in [2.24, 2.45) is 0 Å². The van der Waals surface area contributed by atoms with Crippen LogP contribution in [0.25, 0.3) is 10.6 Å². The topological polar surface area (TPSA) is 25.8 Å². The SMILES string of the molecule is Fc1ccccc1-c1nc(Br)ns1. The van der Waals surface area contributed by atoms with Crippen molar-refractivity contribution in [2.45, 2.75) is 0 Å². The summed E-state index contributed by atoms with van der Waals surface area (Å²) in [5.41, 5.74) is 0.491. The number of hydrogen-bond donors (Lipinski definition) is 0. The molecule has 13 heavy (non-hydrogen) atoms.